The fraction of sp³-hybridized carbons (Fsp3) is 0.300. The van der Waals surface area contributed by atoms with E-state index >= 15 is 0 Å². The van der Waals surface area contributed by atoms with Crippen molar-refractivity contribution in [3.05, 3.63) is 54.2 Å². The number of para-hydroxylation sites is 1. The van der Waals surface area contributed by atoms with Crippen LogP contribution in [0.15, 0.2) is 53.7 Å². The van der Waals surface area contributed by atoms with Crippen LogP contribution in [0.1, 0.15) is 37.4 Å². The monoisotopic (exact) mass is 361 g/mol. The van der Waals surface area contributed by atoms with Crippen molar-refractivity contribution >= 4 is 33.4 Å². The highest BCUT2D eigenvalue weighted by molar-refractivity contribution is 7.98. The molecule has 4 aromatic rings. The molecule has 26 heavy (non-hydrogen) atoms. The van der Waals surface area contributed by atoms with Crippen LogP contribution in [-0.4, -0.2) is 25.2 Å². The molecule has 0 radical (unpaired) electrons. The Balaban J connectivity index is 1.51. The number of nitrogens with zero attached hydrogens (tertiary/aromatic N) is 5. The summed E-state index contributed by atoms with van der Waals surface area (Å²) >= 11 is 1.68. The van der Waals surface area contributed by atoms with Gasteiger partial charge in [0.05, 0.1) is 17.3 Å². The van der Waals surface area contributed by atoms with Gasteiger partial charge in [-0.05, 0) is 34.7 Å². The predicted octanol–water partition coefficient (Wildman–Crippen LogP) is 4.78. The second-order valence-corrected chi connectivity index (χ2v) is 7.70. The van der Waals surface area contributed by atoms with Crippen LogP contribution in [0.3, 0.4) is 0 Å². The molecule has 0 amide bonds. The molecule has 5 nitrogen and oxygen atoms in total. The first kappa shape index (κ1) is 15.8. The highest BCUT2D eigenvalue weighted by Gasteiger charge is 2.22. The van der Waals surface area contributed by atoms with E-state index in [4.69, 9.17) is 4.98 Å². The third-order valence-electron chi connectivity index (χ3n) is 5.16. The number of aromatic nitrogens is 5. The molecule has 1 aliphatic carbocycles. The molecule has 0 saturated heterocycles. The Hall–Kier alpha value is -2.47. The summed E-state index contributed by atoms with van der Waals surface area (Å²) < 4.78 is 2.01. The van der Waals surface area contributed by atoms with Crippen LogP contribution >= 0.6 is 11.8 Å². The van der Waals surface area contributed by atoms with Crippen molar-refractivity contribution in [1.82, 2.24) is 25.2 Å². The van der Waals surface area contributed by atoms with E-state index in [1.54, 1.807) is 11.8 Å². The Labute approximate surface area is 155 Å². The Kier molecular flexibility index (Phi) is 4.05. The van der Waals surface area contributed by atoms with Crippen LogP contribution in [0.25, 0.3) is 21.7 Å². The second kappa shape index (κ2) is 6.68. The lowest BCUT2D eigenvalue weighted by Gasteiger charge is -2.12. The van der Waals surface area contributed by atoms with Gasteiger partial charge in [0.1, 0.15) is 0 Å². The van der Waals surface area contributed by atoms with E-state index in [2.05, 4.69) is 58.0 Å². The molecule has 2 aromatic carbocycles. The molecule has 1 fully saturated rings. The third kappa shape index (κ3) is 2.74. The minimum atomic E-state index is 0.453. The maximum Gasteiger partial charge on any atom is 0.209 e. The fourth-order valence-corrected chi connectivity index (χ4v) is 4.77. The Bertz CT molecular complexity index is 1070. The molecule has 0 aliphatic heterocycles. The first-order valence-electron chi connectivity index (χ1n) is 9.07. The minimum absolute atomic E-state index is 0.453. The molecule has 0 atom stereocenters. The van der Waals surface area contributed by atoms with E-state index in [0.29, 0.717) is 6.04 Å². The van der Waals surface area contributed by atoms with Crippen molar-refractivity contribution in [3.8, 4) is 0 Å². The molecule has 5 rings (SSSR count). The Morgan fingerprint density at radius 3 is 2.50 bits per heavy atom. The van der Waals surface area contributed by atoms with Crippen LogP contribution < -0.4 is 0 Å². The average molecular weight is 361 g/mol. The van der Waals surface area contributed by atoms with Gasteiger partial charge < -0.3 is 0 Å². The summed E-state index contributed by atoms with van der Waals surface area (Å²) in [6.07, 6.45) is 4.89. The lowest BCUT2D eigenvalue weighted by atomic mass is 10.0. The smallest absolute Gasteiger partial charge is 0.209 e. The van der Waals surface area contributed by atoms with Crippen LogP contribution in [-0.2, 0) is 5.75 Å². The average Bonchev–Trinajstić information content (AvgIpc) is 3.37. The standard InChI is InChI=1S/C20H19N5S/c1-2-8-14(7-1)25-20(22-23-24-25)26-13-19-17-11-4-3-9-15(17)16-10-5-6-12-18(16)21-19/h3-6,9-12,14H,1-2,7-8,13H2. The molecule has 2 heterocycles. The van der Waals surface area contributed by atoms with Gasteiger partial charge in [-0.2, -0.15) is 0 Å². The highest BCUT2D eigenvalue weighted by atomic mass is 32.2. The zero-order chi connectivity index (χ0) is 17.3. The van der Waals surface area contributed by atoms with Crippen LogP contribution in [0.2, 0.25) is 0 Å². The first-order chi connectivity index (χ1) is 12.9. The van der Waals surface area contributed by atoms with Gasteiger partial charge in [0.2, 0.25) is 5.16 Å². The molecule has 1 saturated carbocycles. The SMILES string of the molecule is c1ccc2c(c1)nc(CSc1nnnn1C1CCCC1)c1ccccc12. The van der Waals surface area contributed by atoms with Crippen molar-refractivity contribution in [1.29, 1.82) is 0 Å². The number of hydrogen-bond acceptors (Lipinski definition) is 5. The molecule has 130 valence electrons. The van der Waals surface area contributed by atoms with E-state index in [-0.39, 0.29) is 0 Å². The maximum absolute atomic E-state index is 4.93. The van der Waals surface area contributed by atoms with Crippen molar-refractivity contribution in [2.45, 2.75) is 42.6 Å². The number of fused-ring (bicyclic) bond motifs is 3. The van der Waals surface area contributed by atoms with E-state index in [0.717, 1.165) is 22.1 Å². The van der Waals surface area contributed by atoms with Crippen molar-refractivity contribution in [2.75, 3.05) is 0 Å². The summed E-state index contributed by atoms with van der Waals surface area (Å²) in [5, 5.41) is 17.0. The van der Waals surface area contributed by atoms with Crippen LogP contribution in [0.4, 0.5) is 0 Å². The number of thioether (sulfide) groups is 1. The molecule has 6 heteroatoms. The van der Waals surface area contributed by atoms with E-state index in [1.165, 1.54) is 41.8 Å². The van der Waals surface area contributed by atoms with E-state index in [1.807, 2.05) is 10.7 Å². The summed E-state index contributed by atoms with van der Waals surface area (Å²) in [6, 6.07) is 17.3. The van der Waals surface area contributed by atoms with Crippen molar-refractivity contribution < 1.29 is 0 Å². The lowest BCUT2D eigenvalue weighted by molar-refractivity contribution is 0.423. The van der Waals surface area contributed by atoms with Gasteiger partial charge in [-0.3, -0.25) is 4.98 Å². The quantitative estimate of drug-likeness (QED) is 0.387. The van der Waals surface area contributed by atoms with E-state index in [9.17, 15) is 0 Å². The number of pyridine rings is 1. The zero-order valence-electron chi connectivity index (χ0n) is 14.4. The zero-order valence-corrected chi connectivity index (χ0v) is 15.2. The topological polar surface area (TPSA) is 56.5 Å². The summed E-state index contributed by atoms with van der Waals surface area (Å²) in [5.41, 5.74) is 2.13. The number of hydrogen-bond donors (Lipinski definition) is 0. The number of tetrazole rings is 1. The third-order valence-corrected chi connectivity index (χ3v) is 6.10. The number of rotatable bonds is 4. The van der Waals surface area contributed by atoms with Crippen molar-refractivity contribution in [3.63, 3.8) is 0 Å². The molecular formula is C20H19N5S. The lowest BCUT2D eigenvalue weighted by Crippen LogP contribution is -2.08. The summed E-state index contributed by atoms with van der Waals surface area (Å²) in [5.74, 6) is 0.762. The van der Waals surface area contributed by atoms with Gasteiger partial charge >= 0.3 is 0 Å². The van der Waals surface area contributed by atoms with E-state index < -0.39 is 0 Å². The van der Waals surface area contributed by atoms with Gasteiger partial charge in [-0.15, -0.1) is 5.10 Å². The molecule has 0 spiro atoms. The summed E-state index contributed by atoms with van der Waals surface area (Å²) in [4.78, 5) is 4.93. The minimum Gasteiger partial charge on any atom is -0.251 e. The van der Waals surface area contributed by atoms with Gasteiger partial charge in [0.25, 0.3) is 0 Å². The Morgan fingerprint density at radius 1 is 0.923 bits per heavy atom. The second-order valence-electron chi connectivity index (χ2n) is 6.75. The van der Waals surface area contributed by atoms with Gasteiger partial charge in [-0.25, -0.2) is 4.68 Å². The predicted molar refractivity (Wildman–Crippen MR) is 104 cm³/mol. The maximum atomic E-state index is 4.93. The van der Waals surface area contributed by atoms with Crippen molar-refractivity contribution in [2.24, 2.45) is 0 Å². The van der Waals surface area contributed by atoms with Gasteiger partial charge in [0, 0.05) is 16.5 Å². The molecule has 0 N–H and O–H groups in total. The first-order valence-corrected chi connectivity index (χ1v) is 10.1. The molecular weight excluding hydrogens is 342 g/mol. The van der Waals surface area contributed by atoms with Crippen LogP contribution in [0, 0.1) is 0 Å². The molecule has 2 aromatic heterocycles. The summed E-state index contributed by atoms with van der Waals surface area (Å²) in [6.45, 7) is 0. The largest absolute Gasteiger partial charge is 0.251 e. The molecule has 1 aliphatic rings. The molecule has 0 bridgehead atoms. The van der Waals surface area contributed by atoms with Crippen LogP contribution in [0.5, 0.6) is 0 Å². The van der Waals surface area contributed by atoms with Gasteiger partial charge in [0.15, 0.2) is 0 Å². The highest BCUT2D eigenvalue weighted by Crippen LogP contribution is 2.33. The molecule has 0 unspecified atom stereocenters. The van der Waals surface area contributed by atoms with Gasteiger partial charge in [-0.1, -0.05) is 67.1 Å². The number of benzene rings is 2. The fourth-order valence-electron chi connectivity index (χ4n) is 3.88. The summed E-state index contributed by atoms with van der Waals surface area (Å²) in [7, 11) is 0. The Morgan fingerprint density at radius 2 is 1.65 bits per heavy atom. The normalized spacial score (nSPS) is 15.2.